The molecule has 0 atom stereocenters. The Labute approximate surface area is 110 Å². The van der Waals surface area contributed by atoms with Gasteiger partial charge < -0.3 is 5.73 Å². The normalized spacial score (nSPS) is 12.1. The third kappa shape index (κ3) is 2.43. The summed E-state index contributed by atoms with van der Waals surface area (Å²) < 4.78 is 39.6. The summed E-state index contributed by atoms with van der Waals surface area (Å²) in [6, 6.07) is 3.33. The maximum atomic E-state index is 12.9. The number of nitrogens with two attached hydrogens (primary N) is 1. The summed E-state index contributed by atoms with van der Waals surface area (Å²) in [4.78, 5) is 15.9. The molecule has 0 unspecified atom stereocenters. The average Bonchev–Trinajstić information content (AvgIpc) is 2.32. The van der Waals surface area contributed by atoms with Gasteiger partial charge in [-0.15, -0.1) is 0 Å². The van der Waals surface area contributed by atoms with E-state index in [4.69, 9.17) is 17.3 Å². The lowest BCUT2D eigenvalue weighted by Gasteiger charge is -2.12. The minimum atomic E-state index is -4.63. The molecule has 0 radical (unpaired) electrons. The summed E-state index contributed by atoms with van der Waals surface area (Å²) in [5.74, 6) is 0. The molecule has 1 heterocycles. The lowest BCUT2D eigenvalue weighted by Crippen LogP contribution is -2.27. The number of halogens is 4. The molecule has 2 aromatic rings. The number of rotatable bonds is 2. The number of nitrogens with zero attached hydrogens (tertiary/aromatic N) is 2. The first-order valence-corrected chi connectivity index (χ1v) is 5.70. The summed E-state index contributed by atoms with van der Waals surface area (Å²) in [6.45, 7) is 0.0772. The summed E-state index contributed by atoms with van der Waals surface area (Å²) >= 11 is 5.77. The van der Waals surface area contributed by atoms with E-state index in [9.17, 15) is 18.0 Å². The first-order valence-electron chi connectivity index (χ1n) is 5.32. The fourth-order valence-electron chi connectivity index (χ4n) is 1.80. The van der Waals surface area contributed by atoms with Crippen LogP contribution >= 0.6 is 11.6 Å². The highest BCUT2D eigenvalue weighted by Crippen LogP contribution is 2.33. The van der Waals surface area contributed by atoms with E-state index in [0.717, 1.165) is 10.6 Å². The molecule has 4 nitrogen and oxygen atoms in total. The average molecular weight is 292 g/mol. The van der Waals surface area contributed by atoms with Crippen LogP contribution in [-0.4, -0.2) is 16.1 Å². The second kappa shape index (κ2) is 4.82. The Hall–Kier alpha value is -1.60. The number of benzene rings is 1. The Morgan fingerprint density at radius 1 is 1.37 bits per heavy atom. The van der Waals surface area contributed by atoms with E-state index in [1.807, 2.05) is 0 Å². The smallest absolute Gasteiger partial charge is 0.329 e. The Kier molecular flexibility index (Phi) is 3.51. The maximum absolute atomic E-state index is 12.9. The predicted molar refractivity (Wildman–Crippen MR) is 65.1 cm³/mol. The van der Waals surface area contributed by atoms with Gasteiger partial charge in [-0.3, -0.25) is 9.36 Å². The maximum Gasteiger partial charge on any atom is 0.417 e. The van der Waals surface area contributed by atoms with E-state index < -0.39 is 22.7 Å². The summed E-state index contributed by atoms with van der Waals surface area (Å²) in [6.07, 6.45) is -4.63. The van der Waals surface area contributed by atoms with Gasteiger partial charge in [-0.1, -0.05) is 6.07 Å². The van der Waals surface area contributed by atoms with Crippen LogP contribution in [0.15, 0.2) is 23.0 Å². The molecule has 0 aliphatic carbocycles. The fraction of sp³-hybridized carbons (Fsp3) is 0.273. The zero-order valence-electron chi connectivity index (χ0n) is 9.54. The third-order valence-electron chi connectivity index (χ3n) is 2.60. The quantitative estimate of drug-likeness (QED) is 0.861. The SMILES string of the molecule is NCCn1c(Cl)nc2cccc(C(F)(F)F)c2c1=O. The molecule has 8 heteroatoms. The van der Waals surface area contributed by atoms with Crippen molar-refractivity contribution in [2.24, 2.45) is 5.73 Å². The van der Waals surface area contributed by atoms with Gasteiger partial charge in [0.1, 0.15) is 0 Å². The minimum absolute atomic E-state index is 0.00674. The summed E-state index contributed by atoms with van der Waals surface area (Å²) in [7, 11) is 0. The molecule has 1 aromatic heterocycles. The van der Waals surface area contributed by atoms with Crippen LogP contribution in [0.2, 0.25) is 5.28 Å². The van der Waals surface area contributed by atoms with Gasteiger partial charge in [0.25, 0.3) is 5.56 Å². The van der Waals surface area contributed by atoms with Crippen LogP contribution in [0, 0.1) is 0 Å². The van der Waals surface area contributed by atoms with Gasteiger partial charge >= 0.3 is 6.18 Å². The highest BCUT2D eigenvalue weighted by Gasteiger charge is 2.34. The van der Waals surface area contributed by atoms with Gasteiger partial charge in [-0.05, 0) is 23.7 Å². The lowest BCUT2D eigenvalue weighted by atomic mass is 10.1. The monoisotopic (exact) mass is 291 g/mol. The van der Waals surface area contributed by atoms with E-state index in [0.29, 0.717) is 0 Å². The van der Waals surface area contributed by atoms with E-state index in [1.54, 1.807) is 0 Å². The molecule has 19 heavy (non-hydrogen) atoms. The Morgan fingerprint density at radius 3 is 2.63 bits per heavy atom. The van der Waals surface area contributed by atoms with Crippen molar-refractivity contribution in [3.63, 3.8) is 0 Å². The Bertz CT molecular complexity index is 681. The van der Waals surface area contributed by atoms with E-state index in [-0.39, 0.29) is 23.9 Å². The van der Waals surface area contributed by atoms with Gasteiger partial charge in [0.05, 0.1) is 16.5 Å². The highest BCUT2D eigenvalue weighted by molar-refractivity contribution is 6.28. The van der Waals surface area contributed by atoms with Gasteiger partial charge in [0.15, 0.2) is 0 Å². The molecule has 1 aromatic carbocycles. The van der Waals surface area contributed by atoms with Crippen LogP contribution in [0.1, 0.15) is 5.56 Å². The van der Waals surface area contributed by atoms with E-state index in [2.05, 4.69) is 4.98 Å². The molecule has 0 saturated carbocycles. The van der Waals surface area contributed by atoms with Crippen LogP contribution in [-0.2, 0) is 12.7 Å². The lowest BCUT2D eigenvalue weighted by molar-refractivity contribution is -0.136. The Morgan fingerprint density at radius 2 is 2.05 bits per heavy atom. The van der Waals surface area contributed by atoms with Crippen molar-refractivity contribution < 1.29 is 13.2 Å². The number of alkyl halides is 3. The topological polar surface area (TPSA) is 60.9 Å². The molecule has 0 aliphatic heterocycles. The third-order valence-corrected chi connectivity index (χ3v) is 2.88. The first kappa shape index (κ1) is 13.8. The van der Waals surface area contributed by atoms with Crippen molar-refractivity contribution in [3.05, 3.63) is 39.4 Å². The van der Waals surface area contributed by atoms with Crippen LogP contribution in [0.3, 0.4) is 0 Å². The Balaban J connectivity index is 2.89. The van der Waals surface area contributed by atoms with Gasteiger partial charge in [-0.25, -0.2) is 4.98 Å². The van der Waals surface area contributed by atoms with Crippen molar-refractivity contribution in [1.29, 1.82) is 0 Å². The molecule has 0 amide bonds. The zero-order chi connectivity index (χ0) is 14.2. The second-order valence-electron chi connectivity index (χ2n) is 3.82. The number of aromatic nitrogens is 2. The predicted octanol–water partition coefficient (Wildman–Crippen LogP) is 2.03. The molecule has 2 rings (SSSR count). The second-order valence-corrected chi connectivity index (χ2v) is 4.16. The van der Waals surface area contributed by atoms with Crippen molar-refractivity contribution in [2.45, 2.75) is 12.7 Å². The molecular formula is C11H9ClF3N3O. The summed E-state index contributed by atoms with van der Waals surface area (Å²) in [5.41, 5.74) is 3.35. The van der Waals surface area contributed by atoms with Crippen molar-refractivity contribution >= 4 is 22.5 Å². The number of fused-ring (bicyclic) bond motifs is 1. The zero-order valence-corrected chi connectivity index (χ0v) is 10.3. The fourth-order valence-corrected chi connectivity index (χ4v) is 2.05. The highest BCUT2D eigenvalue weighted by atomic mass is 35.5. The molecule has 0 bridgehead atoms. The van der Waals surface area contributed by atoms with E-state index in [1.165, 1.54) is 12.1 Å². The minimum Gasteiger partial charge on any atom is -0.329 e. The molecule has 0 spiro atoms. The number of hydrogen-bond acceptors (Lipinski definition) is 3. The van der Waals surface area contributed by atoms with Gasteiger partial charge in [0, 0.05) is 13.1 Å². The summed E-state index contributed by atoms with van der Waals surface area (Å²) in [5, 5.41) is -0.671. The molecular weight excluding hydrogens is 283 g/mol. The van der Waals surface area contributed by atoms with Crippen molar-refractivity contribution in [2.75, 3.05) is 6.54 Å². The molecule has 0 fully saturated rings. The standard InChI is InChI=1S/C11H9ClF3N3O/c12-10-17-7-3-1-2-6(11(13,14)15)8(7)9(19)18(10)5-4-16/h1-3H,4-5,16H2. The van der Waals surface area contributed by atoms with Crippen LogP contribution in [0.4, 0.5) is 13.2 Å². The molecule has 0 aliphatic rings. The largest absolute Gasteiger partial charge is 0.417 e. The van der Waals surface area contributed by atoms with Gasteiger partial charge in [-0.2, -0.15) is 13.2 Å². The van der Waals surface area contributed by atoms with E-state index >= 15 is 0 Å². The van der Waals surface area contributed by atoms with Crippen LogP contribution in [0.5, 0.6) is 0 Å². The van der Waals surface area contributed by atoms with Crippen molar-refractivity contribution in [3.8, 4) is 0 Å². The molecule has 2 N–H and O–H groups in total. The molecule has 0 saturated heterocycles. The van der Waals surface area contributed by atoms with Crippen molar-refractivity contribution in [1.82, 2.24) is 9.55 Å². The van der Waals surface area contributed by atoms with Crippen LogP contribution in [0.25, 0.3) is 10.9 Å². The van der Waals surface area contributed by atoms with Gasteiger partial charge in [0.2, 0.25) is 5.28 Å². The molecule has 102 valence electrons. The van der Waals surface area contributed by atoms with Crippen LogP contribution < -0.4 is 11.3 Å². The number of hydrogen-bond donors (Lipinski definition) is 1. The first-order chi connectivity index (χ1) is 8.86.